The number of nitrogens with one attached hydrogen (secondary N) is 1. The van der Waals surface area contributed by atoms with E-state index < -0.39 is 16.0 Å². The lowest BCUT2D eigenvalue weighted by atomic mass is 10.3. The molecule has 0 bridgehead atoms. The number of halogens is 1. The van der Waals surface area contributed by atoms with E-state index in [1.807, 2.05) is 0 Å². The van der Waals surface area contributed by atoms with E-state index in [-0.39, 0.29) is 21.6 Å². The summed E-state index contributed by atoms with van der Waals surface area (Å²) in [6.07, 6.45) is -0.213. The molecule has 2 aromatic heterocycles. The van der Waals surface area contributed by atoms with E-state index in [0.29, 0.717) is 4.88 Å². The predicted molar refractivity (Wildman–Crippen MR) is 75.7 cm³/mol. The van der Waals surface area contributed by atoms with Crippen molar-refractivity contribution in [2.75, 3.05) is 4.72 Å². The number of aliphatic carboxylic acids is 1. The van der Waals surface area contributed by atoms with Gasteiger partial charge in [0.25, 0.3) is 10.0 Å². The summed E-state index contributed by atoms with van der Waals surface area (Å²) in [7, 11) is -3.79. The first-order valence-corrected chi connectivity index (χ1v) is 8.00. The third-order valence-electron chi connectivity index (χ3n) is 2.18. The standard InChI is InChI=1S/C11H9ClN2O4S2/c12-8-2-1-3-9(13-8)14-20(17,18)11-5-4-7(19-11)6-10(15)16/h1-5H,6H2,(H,13,14)(H,15,16). The van der Waals surface area contributed by atoms with E-state index in [9.17, 15) is 13.2 Å². The minimum atomic E-state index is -3.79. The van der Waals surface area contributed by atoms with E-state index >= 15 is 0 Å². The molecule has 9 heteroatoms. The van der Waals surface area contributed by atoms with Crippen molar-refractivity contribution in [2.45, 2.75) is 10.6 Å². The Morgan fingerprint density at radius 3 is 2.75 bits per heavy atom. The molecule has 20 heavy (non-hydrogen) atoms. The zero-order valence-corrected chi connectivity index (χ0v) is 12.3. The van der Waals surface area contributed by atoms with Gasteiger partial charge in [0.1, 0.15) is 15.2 Å². The number of thiophene rings is 1. The van der Waals surface area contributed by atoms with Gasteiger partial charge in [-0.1, -0.05) is 17.7 Å². The Morgan fingerprint density at radius 1 is 1.35 bits per heavy atom. The second-order valence-electron chi connectivity index (χ2n) is 3.74. The average Bonchev–Trinajstić information content (AvgIpc) is 2.76. The number of carboxylic acids is 1. The van der Waals surface area contributed by atoms with Gasteiger partial charge in [-0.25, -0.2) is 13.4 Å². The fourth-order valence-corrected chi connectivity index (χ4v) is 3.91. The molecule has 2 aromatic rings. The fraction of sp³-hybridized carbons (Fsp3) is 0.0909. The number of nitrogens with zero attached hydrogens (tertiary/aromatic N) is 1. The van der Waals surface area contributed by atoms with Crippen LogP contribution in [0.4, 0.5) is 5.82 Å². The average molecular weight is 333 g/mol. The van der Waals surface area contributed by atoms with Crippen molar-refractivity contribution in [1.82, 2.24) is 4.98 Å². The molecule has 2 heterocycles. The summed E-state index contributed by atoms with van der Waals surface area (Å²) in [6, 6.07) is 7.39. The maximum Gasteiger partial charge on any atom is 0.308 e. The Kier molecular flexibility index (Phi) is 4.26. The van der Waals surface area contributed by atoms with Crippen molar-refractivity contribution < 1.29 is 18.3 Å². The highest BCUT2D eigenvalue weighted by Gasteiger charge is 2.18. The number of pyridine rings is 1. The van der Waals surface area contributed by atoms with Crippen LogP contribution in [0.15, 0.2) is 34.5 Å². The molecular formula is C11H9ClN2O4S2. The quantitative estimate of drug-likeness (QED) is 0.818. The number of carboxylic acid groups (broad SMARTS) is 1. The van der Waals surface area contributed by atoms with Crippen LogP contribution < -0.4 is 4.72 Å². The smallest absolute Gasteiger partial charge is 0.308 e. The van der Waals surface area contributed by atoms with Gasteiger partial charge in [-0.2, -0.15) is 0 Å². The summed E-state index contributed by atoms with van der Waals surface area (Å²) < 4.78 is 26.5. The largest absolute Gasteiger partial charge is 0.481 e. The van der Waals surface area contributed by atoms with Gasteiger partial charge in [0.2, 0.25) is 0 Å². The van der Waals surface area contributed by atoms with Gasteiger partial charge in [-0.15, -0.1) is 11.3 Å². The van der Waals surface area contributed by atoms with Crippen LogP contribution in [0.3, 0.4) is 0 Å². The topological polar surface area (TPSA) is 96.4 Å². The first-order chi connectivity index (χ1) is 9.37. The van der Waals surface area contributed by atoms with Crippen molar-refractivity contribution in [1.29, 1.82) is 0 Å². The third kappa shape index (κ3) is 3.69. The molecule has 2 rings (SSSR count). The molecule has 0 spiro atoms. The van der Waals surface area contributed by atoms with Crippen LogP contribution in [0.25, 0.3) is 0 Å². The second-order valence-corrected chi connectivity index (χ2v) is 7.21. The van der Waals surface area contributed by atoms with E-state index in [2.05, 4.69) is 9.71 Å². The van der Waals surface area contributed by atoms with Crippen molar-refractivity contribution >= 4 is 44.7 Å². The van der Waals surface area contributed by atoms with Gasteiger partial charge in [-0.05, 0) is 24.3 Å². The molecule has 0 unspecified atom stereocenters. The lowest BCUT2D eigenvalue weighted by molar-refractivity contribution is -0.136. The monoisotopic (exact) mass is 332 g/mol. The van der Waals surface area contributed by atoms with Crippen molar-refractivity contribution in [3.05, 3.63) is 40.4 Å². The molecule has 6 nitrogen and oxygen atoms in total. The summed E-state index contributed by atoms with van der Waals surface area (Å²) in [4.78, 5) is 14.9. The maximum atomic E-state index is 12.1. The minimum Gasteiger partial charge on any atom is -0.481 e. The van der Waals surface area contributed by atoms with Gasteiger partial charge >= 0.3 is 5.97 Å². The Morgan fingerprint density at radius 2 is 2.10 bits per heavy atom. The summed E-state index contributed by atoms with van der Waals surface area (Å²) in [5.41, 5.74) is 0. The second kappa shape index (κ2) is 5.78. The molecule has 0 aliphatic rings. The predicted octanol–water partition coefficient (Wildman–Crippen LogP) is 2.22. The summed E-state index contributed by atoms with van der Waals surface area (Å²) >= 11 is 6.57. The molecule has 0 atom stereocenters. The number of sulfonamides is 1. The van der Waals surface area contributed by atoms with Gasteiger partial charge < -0.3 is 5.11 Å². The van der Waals surface area contributed by atoms with Crippen LogP contribution in [0.2, 0.25) is 5.15 Å². The fourth-order valence-electron chi connectivity index (χ4n) is 1.40. The molecule has 0 amide bonds. The highest BCUT2D eigenvalue weighted by molar-refractivity contribution is 7.94. The summed E-state index contributed by atoms with van der Waals surface area (Å²) in [5, 5.41) is 8.83. The number of anilines is 1. The van der Waals surface area contributed by atoms with E-state index in [4.69, 9.17) is 16.7 Å². The molecule has 0 aromatic carbocycles. The first-order valence-electron chi connectivity index (χ1n) is 5.33. The summed E-state index contributed by atoms with van der Waals surface area (Å²) in [6.45, 7) is 0. The molecule has 2 N–H and O–H groups in total. The van der Waals surface area contributed by atoms with E-state index in [1.165, 1.54) is 24.3 Å². The normalized spacial score (nSPS) is 11.2. The first kappa shape index (κ1) is 14.8. The van der Waals surface area contributed by atoms with E-state index in [0.717, 1.165) is 11.3 Å². The molecule has 0 aliphatic heterocycles. The molecular weight excluding hydrogens is 324 g/mol. The lowest BCUT2D eigenvalue weighted by Gasteiger charge is -2.05. The number of carbonyl (C=O) groups is 1. The molecule has 106 valence electrons. The van der Waals surface area contributed by atoms with Crippen LogP contribution in [0, 0.1) is 0 Å². The Hall–Kier alpha value is -1.64. The molecule has 0 saturated carbocycles. The Labute approximate surface area is 124 Å². The zero-order valence-electron chi connectivity index (χ0n) is 9.91. The molecule has 0 aliphatic carbocycles. The maximum absolute atomic E-state index is 12.1. The highest BCUT2D eigenvalue weighted by Crippen LogP contribution is 2.24. The lowest BCUT2D eigenvalue weighted by Crippen LogP contribution is -2.12. The van der Waals surface area contributed by atoms with Crippen molar-refractivity contribution in [3.63, 3.8) is 0 Å². The van der Waals surface area contributed by atoms with Gasteiger partial charge in [-0.3, -0.25) is 9.52 Å². The van der Waals surface area contributed by atoms with Crippen LogP contribution >= 0.6 is 22.9 Å². The van der Waals surface area contributed by atoms with Gasteiger partial charge in [0.15, 0.2) is 0 Å². The minimum absolute atomic E-state index is 0.0236. The molecule has 0 radical (unpaired) electrons. The third-order valence-corrected chi connectivity index (χ3v) is 5.32. The van der Waals surface area contributed by atoms with Crippen molar-refractivity contribution in [3.8, 4) is 0 Å². The van der Waals surface area contributed by atoms with Crippen LogP contribution in [0.5, 0.6) is 0 Å². The number of rotatable bonds is 5. The molecule has 0 saturated heterocycles. The highest BCUT2D eigenvalue weighted by atomic mass is 35.5. The van der Waals surface area contributed by atoms with Crippen LogP contribution in [-0.2, 0) is 21.2 Å². The Bertz CT molecular complexity index is 742. The number of hydrogen-bond acceptors (Lipinski definition) is 5. The van der Waals surface area contributed by atoms with Crippen LogP contribution in [0.1, 0.15) is 4.88 Å². The van der Waals surface area contributed by atoms with Crippen molar-refractivity contribution in [2.24, 2.45) is 0 Å². The Balaban J connectivity index is 2.22. The summed E-state index contributed by atoms with van der Waals surface area (Å²) in [5.74, 6) is -0.911. The zero-order chi connectivity index (χ0) is 14.8. The van der Waals surface area contributed by atoms with Crippen LogP contribution in [-0.4, -0.2) is 24.5 Å². The van der Waals surface area contributed by atoms with E-state index in [1.54, 1.807) is 6.07 Å². The van der Waals surface area contributed by atoms with Gasteiger partial charge in [0, 0.05) is 4.88 Å². The number of hydrogen-bond donors (Lipinski definition) is 2. The molecule has 0 fully saturated rings. The SMILES string of the molecule is O=C(O)Cc1ccc(S(=O)(=O)Nc2cccc(Cl)n2)s1. The van der Waals surface area contributed by atoms with Gasteiger partial charge in [0.05, 0.1) is 6.42 Å². The number of aromatic nitrogens is 1.